The third kappa shape index (κ3) is 4.55. The van der Waals surface area contributed by atoms with E-state index in [1.54, 1.807) is 0 Å². The minimum atomic E-state index is -0.316. The van der Waals surface area contributed by atoms with Crippen molar-refractivity contribution in [1.82, 2.24) is 14.9 Å². The van der Waals surface area contributed by atoms with E-state index in [1.807, 2.05) is 24.5 Å². The summed E-state index contributed by atoms with van der Waals surface area (Å²) in [4.78, 5) is 24.5. The van der Waals surface area contributed by atoms with Gasteiger partial charge in [0.1, 0.15) is 5.82 Å². The average molecular weight is 423 g/mol. The zero-order valence-corrected chi connectivity index (χ0v) is 18.6. The number of hydrogen-bond acceptors (Lipinski definition) is 5. The van der Waals surface area contributed by atoms with Gasteiger partial charge in [-0.25, -0.2) is 9.97 Å². The zero-order chi connectivity index (χ0) is 21.1. The van der Waals surface area contributed by atoms with Crippen LogP contribution in [0.4, 0.5) is 0 Å². The minimum Gasteiger partial charge on any atom is -0.365 e. The molecule has 0 spiro atoms. The Balaban J connectivity index is 1.60. The van der Waals surface area contributed by atoms with Crippen LogP contribution in [-0.2, 0) is 13.0 Å². The predicted octanol–water partition coefficient (Wildman–Crippen LogP) is 4.90. The highest BCUT2D eigenvalue weighted by atomic mass is 32.1. The number of nitrogens with zero attached hydrogens (tertiary/aromatic N) is 3. The maximum Gasteiger partial charge on any atom is 0.259 e. The summed E-state index contributed by atoms with van der Waals surface area (Å²) >= 11 is 1.52. The number of nitrogens with two attached hydrogens (primary N) is 1. The molecule has 2 N–H and O–H groups in total. The smallest absolute Gasteiger partial charge is 0.259 e. The van der Waals surface area contributed by atoms with Crippen LogP contribution in [0.15, 0.2) is 36.7 Å². The summed E-state index contributed by atoms with van der Waals surface area (Å²) in [6.45, 7) is 6.13. The van der Waals surface area contributed by atoms with Crippen molar-refractivity contribution in [3.05, 3.63) is 58.5 Å². The quantitative estimate of drug-likeness (QED) is 0.613. The van der Waals surface area contributed by atoms with Crippen LogP contribution >= 0.6 is 11.3 Å². The summed E-state index contributed by atoms with van der Waals surface area (Å²) < 4.78 is 1.14. The molecule has 1 aliphatic rings. The lowest BCUT2D eigenvalue weighted by molar-refractivity contribution is 0.100. The fraction of sp³-hybridized carbons (Fsp3) is 0.458. The predicted molar refractivity (Wildman–Crippen MR) is 123 cm³/mol. The van der Waals surface area contributed by atoms with E-state index in [9.17, 15) is 4.79 Å². The highest BCUT2D eigenvalue weighted by Gasteiger charge is 2.25. The summed E-state index contributed by atoms with van der Waals surface area (Å²) in [6.07, 6.45) is 9.61. The van der Waals surface area contributed by atoms with Gasteiger partial charge in [-0.15, -0.1) is 11.3 Å². The van der Waals surface area contributed by atoms with E-state index in [2.05, 4.69) is 40.8 Å². The van der Waals surface area contributed by atoms with Crippen molar-refractivity contribution in [1.29, 1.82) is 0 Å². The molecule has 3 aromatic rings. The van der Waals surface area contributed by atoms with E-state index in [0.717, 1.165) is 47.6 Å². The Kier molecular flexibility index (Phi) is 6.44. The van der Waals surface area contributed by atoms with Gasteiger partial charge in [0.25, 0.3) is 5.91 Å². The van der Waals surface area contributed by atoms with Crippen molar-refractivity contribution >= 4 is 27.3 Å². The lowest BCUT2D eigenvalue weighted by atomic mass is 9.97. The molecule has 2 aromatic heterocycles. The Morgan fingerprint density at radius 1 is 1.20 bits per heavy atom. The van der Waals surface area contributed by atoms with Crippen LogP contribution in [0.1, 0.15) is 72.1 Å². The first kappa shape index (κ1) is 20.9. The SMILES string of the molecule is CC(C)c1ncc(CN2CCCCCC2Cc2c(C(N)=O)sc3ccccc23)cn1. The first-order valence-corrected chi connectivity index (χ1v) is 11.7. The molecule has 1 aliphatic heterocycles. The van der Waals surface area contributed by atoms with Gasteiger partial charge in [-0.1, -0.05) is 44.9 Å². The summed E-state index contributed by atoms with van der Waals surface area (Å²) in [5.41, 5.74) is 8.02. The number of amides is 1. The number of fused-ring (bicyclic) bond motifs is 1. The van der Waals surface area contributed by atoms with Crippen molar-refractivity contribution in [2.24, 2.45) is 5.73 Å². The first-order chi connectivity index (χ1) is 14.5. The topological polar surface area (TPSA) is 72.1 Å². The monoisotopic (exact) mass is 422 g/mol. The van der Waals surface area contributed by atoms with Crippen LogP contribution in [0.2, 0.25) is 0 Å². The number of hydrogen-bond donors (Lipinski definition) is 1. The van der Waals surface area contributed by atoms with Crippen LogP contribution in [0.3, 0.4) is 0 Å². The molecule has 4 rings (SSSR count). The van der Waals surface area contributed by atoms with Gasteiger partial charge in [-0.05, 0) is 42.8 Å². The normalized spacial score (nSPS) is 18.0. The molecule has 5 nitrogen and oxygen atoms in total. The Bertz CT molecular complexity index is 1010. The van der Waals surface area contributed by atoms with Crippen molar-refractivity contribution in [3.8, 4) is 0 Å². The summed E-state index contributed by atoms with van der Waals surface area (Å²) in [5.74, 6) is 0.912. The Labute approximate surface area is 182 Å². The average Bonchev–Trinajstić information content (AvgIpc) is 2.96. The zero-order valence-electron chi connectivity index (χ0n) is 17.8. The van der Waals surface area contributed by atoms with Gasteiger partial charge in [0.05, 0.1) is 4.88 Å². The fourth-order valence-corrected chi connectivity index (χ4v) is 5.48. The van der Waals surface area contributed by atoms with Crippen LogP contribution < -0.4 is 5.73 Å². The third-order valence-electron chi connectivity index (χ3n) is 5.99. The molecule has 6 heteroatoms. The molecular weight excluding hydrogens is 392 g/mol. The van der Waals surface area contributed by atoms with Gasteiger partial charge in [0.2, 0.25) is 0 Å². The Hall–Kier alpha value is -2.31. The second-order valence-electron chi connectivity index (χ2n) is 8.55. The van der Waals surface area contributed by atoms with Gasteiger partial charge in [-0.2, -0.15) is 0 Å². The van der Waals surface area contributed by atoms with Crippen LogP contribution in [-0.4, -0.2) is 33.4 Å². The van der Waals surface area contributed by atoms with Crippen molar-refractivity contribution in [3.63, 3.8) is 0 Å². The summed E-state index contributed by atoms with van der Waals surface area (Å²) in [5, 5.41) is 1.17. The highest BCUT2D eigenvalue weighted by molar-refractivity contribution is 7.21. The van der Waals surface area contributed by atoms with E-state index in [1.165, 1.54) is 36.0 Å². The third-order valence-corrected chi connectivity index (χ3v) is 7.22. The summed E-state index contributed by atoms with van der Waals surface area (Å²) in [7, 11) is 0. The minimum absolute atomic E-state index is 0.316. The van der Waals surface area contributed by atoms with Gasteiger partial charge < -0.3 is 5.73 Å². The molecule has 1 fully saturated rings. The van der Waals surface area contributed by atoms with E-state index < -0.39 is 0 Å². The number of aromatic nitrogens is 2. The molecule has 158 valence electrons. The molecule has 1 atom stereocenters. The van der Waals surface area contributed by atoms with E-state index in [-0.39, 0.29) is 5.91 Å². The fourth-order valence-electron chi connectivity index (χ4n) is 4.39. The van der Waals surface area contributed by atoms with E-state index in [4.69, 9.17) is 5.73 Å². The molecule has 1 unspecified atom stereocenters. The molecule has 0 aliphatic carbocycles. The molecule has 1 aromatic carbocycles. The molecule has 0 radical (unpaired) electrons. The number of rotatable bonds is 6. The highest BCUT2D eigenvalue weighted by Crippen LogP contribution is 2.34. The van der Waals surface area contributed by atoms with Crippen molar-refractivity contribution in [2.75, 3.05) is 6.54 Å². The lowest BCUT2D eigenvalue weighted by Gasteiger charge is -2.30. The maximum absolute atomic E-state index is 12.2. The van der Waals surface area contributed by atoms with Gasteiger partial charge in [-0.3, -0.25) is 9.69 Å². The molecule has 1 saturated heterocycles. The number of benzene rings is 1. The van der Waals surface area contributed by atoms with Crippen LogP contribution in [0.5, 0.6) is 0 Å². The maximum atomic E-state index is 12.2. The second kappa shape index (κ2) is 9.23. The first-order valence-electron chi connectivity index (χ1n) is 10.9. The number of primary amides is 1. The van der Waals surface area contributed by atoms with Gasteiger partial charge in [0, 0.05) is 41.2 Å². The molecule has 3 heterocycles. The Morgan fingerprint density at radius 2 is 1.97 bits per heavy atom. The largest absolute Gasteiger partial charge is 0.365 e. The molecular formula is C24H30N4OS. The molecule has 30 heavy (non-hydrogen) atoms. The number of likely N-dealkylation sites (tertiary alicyclic amines) is 1. The van der Waals surface area contributed by atoms with E-state index in [0.29, 0.717) is 16.8 Å². The van der Waals surface area contributed by atoms with Gasteiger partial charge in [0.15, 0.2) is 0 Å². The number of carbonyl (C=O) groups is 1. The Morgan fingerprint density at radius 3 is 2.70 bits per heavy atom. The lowest BCUT2D eigenvalue weighted by Crippen LogP contribution is -2.36. The van der Waals surface area contributed by atoms with Gasteiger partial charge >= 0.3 is 0 Å². The second-order valence-corrected chi connectivity index (χ2v) is 9.60. The van der Waals surface area contributed by atoms with Crippen molar-refractivity contribution < 1.29 is 4.79 Å². The number of thiophene rings is 1. The molecule has 0 saturated carbocycles. The standard InChI is InChI=1S/C24H30N4OS/c1-16(2)24-26-13-17(14-27-24)15-28-11-7-3-4-8-18(28)12-20-19-9-5-6-10-21(19)30-22(20)23(25)29/h5-6,9-10,13-14,16,18H,3-4,7-8,11-12,15H2,1-2H3,(H2,25,29). The molecule has 0 bridgehead atoms. The van der Waals surface area contributed by atoms with Crippen LogP contribution in [0, 0.1) is 0 Å². The number of carbonyl (C=O) groups excluding carboxylic acids is 1. The van der Waals surface area contributed by atoms with Crippen LogP contribution in [0.25, 0.3) is 10.1 Å². The molecule has 1 amide bonds. The summed E-state index contributed by atoms with van der Waals surface area (Å²) in [6, 6.07) is 8.64. The van der Waals surface area contributed by atoms with E-state index >= 15 is 0 Å². The van der Waals surface area contributed by atoms with Crippen molar-refractivity contribution in [2.45, 2.75) is 64.5 Å².